The van der Waals surface area contributed by atoms with Crippen molar-refractivity contribution >= 4 is 29.8 Å². The first-order valence-corrected chi connectivity index (χ1v) is 12.1. The SMILES string of the molecule is C=C(C)C(=O)OC=C(C)C(=O)OC(=C(C)C(=O)OC(CCC)=C(C)C(=O)OC(CC)=C(C)C(=O)O)C(C)C. The summed E-state index contributed by atoms with van der Waals surface area (Å²) in [4.78, 5) is 61.0. The van der Waals surface area contributed by atoms with E-state index in [0.29, 0.717) is 6.42 Å². The van der Waals surface area contributed by atoms with E-state index in [1.807, 2.05) is 6.92 Å². The highest BCUT2D eigenvalue weighted by atomic mass is 16.6. The lowest BCUT2D eigenvalue weighted by Gasteiger charge is -2.17. The van der Waals surface area contributed by atoms with Gasteiger partial charge in [-0.05, 0) is 41.0 Å². The van der Waals surface area contributed by atoms with Gasteiger partial charge < -0.3 is 24.1 Å². The van der Waals surface area contributed by atoms with Crippen molar-refractivity contribution < 1.29 is 48.0 Å². The zero-order valence-corrected chi connectivity index (χ0v) is 23.6. The van der Waals surface area contributed by atoms with Crippen molar-refractivity contribution in [3.63, 3.8) is 0 Å². The van der Waals surface area contributed by atoms with Gasteiger partial charge in [0.2, 0.25) is 0 Å². The number of aliphatic carboxylic acids is 1. The molecule has 0 fully saturated rings. The summed E-state index contributed by atoms with van der Waals surface area (Å²) in [5.41, 5.74) is 0.00556. The molecule has 0 radical (unpaired) electrons. The van der Waals surface area contributed by atoms with Crippen molar-refractivity contribution in [1.29, 1.82) is 0 Å². The van der Waals surface area contributed by atoms with Gasteiger partial charge in [0.1, 0.15) is 23.5 Å². The maximum Gasteiger partial charge on any atom is 0.342 e. The minimum atomic E-state index is -1.22. The minimum Gasteiger partial charge on any atom is -0.478 e. The monoisotopic (exact) mass is 534 g/mol. The van der Waals surface area contributed by atoms with Gasteiger partial charge in [-0.3, -0.25) is 0 Å². The smallest absolute Gasteiger partial charge is 0.342 e. The van der Waals surface area contributed by atoms with Crippen molar-refractivity contribution in [2.75, 3.05) is 0 Å². The number of carboxylic acids is 1. The van der Waals surface area contributed by atoms with E-state index in [0.717, 1.165) is 6.26 Å². The van der Waals surface area contributed by atoms with Gasteiger partial charge in [-0.25, -0.2) is 24.0 Å². The van der Waals surface area contributed by atoms with E-state index in [1.165, 1.54) is 34.6 Å². The summed E-state index contributed by atoms with van der Waals surface area (Å²) in [5.74, 6) is -4.80. The Kier molecular flexibility index (Phi) is 14.3. The van der Waals surface area contributed by atoms with Crippen molar-refractivity contribution in [2.45, 2.75) is 81.6 Å². The lowest BCUT2D eigenvalue weighted by molar-refractivity contribution is -0.138. The number of rotatable bonds is 13. The number of allylic oxidation sites excluding steroid dienone is 3. The molecule has 1 N–H and O–H groups in total. The maximum absolute atomic E-state index is 13.0. The summed E-state index contributed by atoms with van der Waals surface area (Å²) in [7, 11) is 0. The third kappa shape index (κ3) is 10.6. The predicted molar refractivity (Wildman–Crippen MR) is 139 cm³/mol. The number of esters is 4. The van der Waals surface area contributed by atoms with Gasteiger partial charge >= 0.3 is 29.8 Å². The number of carbonyl (C=O) groups excluding carboxylic acids is 4. The highest BCUT2D eigenvalue weighted by Gasteiger charge is 2.24. The maximum atomic E-state index is 13.0. The fourth-order valence-corrected chi connectivity index (χ4v) is 2.76. The Labute approximate surface area is 223 Å². The molecule has 0 saturated carbocycles. The average Bonchev–Trinajstić information content (AvgIpc) is 2.86. The van der Waals surface area contributed by atoms with Crippen LogP contribution in [0.25, 0.3) is 0 Å². The molecule has 0 amide bonds. The summed E-state index contributed by atoms with van der Waals surface area (Å²) in [5, 5.41) is 9.18. The van der Waals surface area contributed by atoms with Gasteiger partial charge in [0.15, 0.2) is 0 Å². The van der Waals surface area contributed by atoms with Crippen LogP contribution in [0.15, 0.2) is 58.0 Å². The molecule has 0 aromatic carbocycles. The Hall–Kier alpha value is -3.95. The molecule has 38 heavy (non-hydrogen) atoms. The second-order valence-corrected chi connectivity index (χ2v) is 8.80. The number of hydrogen-bond acceptors (Lipinski definition) is 9. The molecule has 0 atom stereocenters. The molecule has 0 unspecified atom stereocenters. The third-order valence-corrected chi connectivity index (χ3v) is 5.11. The van der Waals surface area contributed by atoms with E-state index in [-0.39, 0.29) is 58.0 Å². The second-order valence-electron chi connectivity index (χ2n) is 8.80. The molecule has 0 bridgehead atoms. The molecule has 0 aromatic heterocycles. The van der Waals surface area contributed by atoms with Crippen LogP contribution in [0.2, 0.25) is 0 Å². The van der Waals surface area contributed by atoms with E-state index in [2.05, 4.69) is 6.58 Å². The molecule has 10 heteroatoms. The Bertz CT molecular complexity index is 1100. The standard InChI is InChI=1S/C28H38O10/c1-11-13-22(19(9)27(33)36-21(12-2)18(8)24(29)30)37-28(34)20(10)23(15(3)4)38-26(32)17(7)14-35-25(31)16(5)6/h14-15H,5,11-13H2,1-4,6-10H3,(H,29,30). The van der Waals surface area contributed by atoms with Gasteiger partial charge in [-0.1, -0.05) is 34.3 Å². The first kappa shape index (κ1) is 34.0. The molecule has 0 spiro atoms. The molecule has 0 aliphatic carbocycles. The zero-order valence-electron chi connectivity index (χ0n) is 23.6. The predicted octanol–water partition coefficient (Wildman–Crippen LogP) is 5.41. The fourth-order valence-electron chi connectivity index (χ4n) is 2.76. The van der Waals surface area contributed by atoms with Crippen LogP contribution in [0.3, 0.4) is 0 Å². The van der Waals surface area contributed by atoms with Crippen LogP contribution in [0.1, 0.15) is 81.6 Å². The molecule has 0 aliphatic rings. The summed E-state index contributed by atoms with van der Waals surface area (Å²) in [6.07, 6.45) is 1.85. The van der Waals surface area contributed by atoms with Gasteiger partial charge in [-0.2, -0.15) is 0 Å². The summed E-state index contributed by atoms with van der Waals surface area (Å²) < 4.78 is 21.0. The first-order chi connectivity index (χ1) is 17.6. The zero-order chi connectivity index (χ0) is 29.7. The van der Waals surface area contributed by atoms with E-state index in [9.17, 15) is 29.1 Å². The van der Waals surface area contributed by atoms with Crippen molar-refractivity contribution in [1.82, 2.24) is 0 Å². The normalized spacial score (nSPS) is 13.5. The Morgan fingerprint density at radius 3 is 1.74 bits per heavy atom. The number of carboxylic acid groups (broad SMARTS) is 1. The molecule has 0 rings (SSSR count). The summed E-state index contributed by atoms with van der Waals surface area (Å²) in [6, 6.07) is 0. The van der Waals surface area contributed by atoms with Gasteiger partial charge in [0.05, 0.1) is 22.3 Å². The largest absolute Gasteiger partial charge is 0.478 e. The second kappa shape index (κ2) is 16.0. The molecular formula is C28H38O10. The summed E-state index contributed by atoms with van der Waals surface area (Å²) >= 11 is 0. The van der Waals surface area contributed by atoms with Gasteiger partial charge in [0.25, 0.3) is 0 Å². The van der Waals surface area contributed by atoms with Crippen molar-refractivity contribution in [3.8, 4) is 0 Å². The van der Waals surface area contributed by atoms with Gasteiger partial charge in [-0.15, -0.1) is 0 Å². The van der Waals surface area contributed by atoms with Crippen LogP contribution in [-0.2, 0) is 42.9 Å². The average molecular weight is 535 g/mol. The van der Waals surface area contributed by atoms with Gasteiger partial charge in [0, 0.05) is 24.3 Å². The Morgan fingerprint density at radius 2 is 1.29 bits per heavy atom. The number of ether oxygens (including phenoxy) is 4. The molecular weight excluding hydrogens is 496 g/mol. The van der Waals surface area contributed by atoms with Crippen LogP contribution in [0.4, 0.5) is 0 Å². The molecule has 0 aliphatic heterocycles. The van der Waals surface area contributed by atoms with Crippen LogP contribution in [-0.4, -0.2) is 35.0 Å². The Morgan fingerprint density at radius 1 is 0.763 bits per heavy atom. The molecule has 0 aromatic rings. The highest BCUT2D eigenvalue weighted by molar-refractivity contribution is 5.94. The Balaban J connectivity index is 6.03. The lowest BCUT2D eigenvalue weighted by Crippen LogP contribution is -2.18. The van der Waals surface area contributed by atoms with Crippen LogP contribution < -0.4 is 0 Å². The van der Waals surface area contributed by atoms with E-state index in [1.54, 1.807) is 20.8 Å². The van der Waals surface area contributed by atoms with E-state index in [4.69, 9.17) is 18.9 Å². The first-order valence-electron chi connectivity index (χ1n) is 12.1. The summed E-state index contributed by atoms with van der Waals surface area (Å²) in [6.45, 7) is 17.3. The molecule has 0 saturated heterocycles. The third-order valence-electron chi connectivity index (χ3n) is 5.11. The van der Waals surface area contributed by atoms with Crippen molar-refractivity contribution in [2.24, 2.45) is 5.92 Å². The highest BCUT2D eigenvalue weighted by Crippen LogP contribution is 2.23. The fraction of sp³-hybridized carbons (Fsp3) is 0.464. The van der Waals surface area contributed by atoms with Crippen LogP contribution in [0.5, 0.6) is 0 Å². The van der Waals surface area contributed by atoms with Crippen LogP contribution >= 0.6 is 0 Å². The minimum absolute atomic E-state index is 0.00154. The quantitative estimate of drug-likeness (QED) is 0.141. The topological polar surface area (TPSA) is 143 Å². The van der Waals surface area contributed by atoms with E-state index < -0.39 is 35.8 Å². The van der Waals surface area contributed by atoms with E-state index >= 15 is 0 Å². The number of carbonyl (C=O) groups is 5. The number of hydrogen-bond donors (Lipinski definition) is 1. The lowest BCUT2D eigenvalue weighted by atomic mass is 10.1. The molecule has 210 valence electrons. The van der Waals surface area contributed by atoms with Crippen molar-refractivity contribution in [3.05, 3.63) is 58.0 Å². The molecule has 0 heterocycles. The van der Waals surface area contributed by atoms with Crippen LogP contribution in [0, 0.1) is 5.92 Å². The molecule has 10 nitrogen and oxygen atoms in total.